The van der Waals surface area contributed by atoms with Crippen LogP contribution in [0.5, 0.6) is 0 Å². The van der Waals surface area contributed by atoms with Gasteiger partial charge in [0.15, 0.2) is 0 Å². The van der Waals surface area contributed by atoms with E-state index in [1.54, 1.807) is 0 Å². The van der Waals surface area contributed by atoms with Gasteiger partial charge in [0, 0.05) is 30.0 Å². The summed E-state index contributed by atoms with van der Waals surface area (Å²) >= 11 is 0. The molecule has 1 N–H and O–H groups in total. The number of hydrogen-bond acceptors (Lipinski definition) is 3. The molecular formula is C18H21NO2. The summed E-state index contributed by atoms with van der Waals surface area (Å²) in [6.45, 7) is 0.778. The van der Waals surface area contributed by atoms with Crippen LogP contribution >= 0.6 is 0 Å². The molecule has 1 aromatic carbocycles. The van der Waals surface area contributed by atoms with E-state index >= 15 is 0 Å². The third kappa shape index (κ3) is 2.25. The molecule has 0 radical (unpaired) electrons. The van der Waals surface area contributed by atoms with Crippen molar-refractivity contribution in [2.75, 3.05) is 6.61 Å². The van der Waals surface area contributed by atoms with E-state index in [2.05, 4.69) is 17.1 Å². The summed E-state index contributed by atoms with van der Waals surface area (Å²) in [7, 11) is 0. The van der Waals surface area contributed by atoms with Crippen molar-refractivity contribution in [3.05, 3.63) is 42.2 Å². The first-order valence-corrected chi connectivity index (χ1v) is 7.92. The quantitative estimate of drug-likeness (QED) is 0.915. The molecular weight excluding hydrogens is 262 g/mol. The van der Waals surface area contributed by atoms with E-state index in [1.165, 1.54) is 6.42 Å². The zero-order valence-electron chi connectivity index (χ0n) is 12.2. The summed E-state index contributed by atoms with van der Waals surface area (Å²) in [6, 6.07) is 8.16. The Morgan fingerprint density at radius 2 is 2.10 bits per heavy atom. The Hall–Kier alpha value is -1.45. The van der Waals surface area contributed by atoms with Gasteiger partial charge < -0.3 is 9.84 Å². The summed E-state index contributed by atoms with van der Waals surface area (Å²) in [5.41, 5.74) is 1.04. The number of rotatable bonds is 2. The number of benzene rings is 1. The molecule has 0 amide bonds. The van der Waals surface area contributed by atoms with Crippen LogP contribution in [0.2, 0.25) is 0 Å². The maximum Gasteiger partial charge on any atom is 0.0841 e. The number of ether oxygens (including phenoxy) is 1. The van der Waals surface area contributed by atoms with Crippen LogP contribution in [0, 0.1) is 5.92 Å². The second kappa shape index (κ2) is 5.08. The largest absolute Gasteiger partial charge is 0.388 e. The Morgan fingerprint density at radius 1 is 1.24 bits per heavy atom. The lowest BCUT2D eigenvalue weighted by molar-refractivity contribution is -0.157. The van der Waals surface area contributed by atoms with Gasteiger partial charge in [0.1, 0.15) is 0 Å². The lowest BCUT2D eigenvalue weighted by atomic mass is 9.70. The highest BCUT2D eigenvalue weighted by molar-refractivity contribution is 5.84. The highest BCUT2D eigenvalue weighted by atomic mass is 16.5. The third-order valence-corrected chi connectivity index (χ3v) is 5.26. The first-order chi connectivity index (χ1) is 10.3. The average Bonchev–Trinajstić information content (AvgIpc) is 2.52. The number of aliphatic hydroxyl groups is 1. The predicted molar refractivity (Wildman–Crippen MR) is 82.0 cm³/mol. The van der Waals surface area contributed by atoms with Crippen LogP contribution < -0.4 is 0 Å². The normalized spacial score (nSPS) is 25.7. The van der Waals surface area contributed by atoms with Crippen LogP contribution in [0.4, 0.5) is 0 Å². The van der Waals surface area contributed by atoms with E-state index in [1.807, 2.05) is 24.5 Å². The van der Waals surface area contributed by atoms with E-state index in [0.717, 1.165) is 48.6 Å². The lowest BCUT2D eigenvalue weighted by Gasteiger charge is -2.48. The number of nitrogens with zero attached hydrogens (tertiary/aromatic N) is 1. The van der Waals surface area contributed by atoms with Crippen molar-refractivity contribution in [3.63, 3.8) is 0 Å². The highest BCUT2D eigenvalue weighted by Crippen LogP contribution is 2.47. The molecule has 21 heavy (non-hydrogen) atoms. The van der Waals surface area contributed by atoms with E-state index in [4.69, 9.17) is 4.74 Å². The summed E-state index contributed by atoms with van der Waals surface area (Å²) in [5.74, 6) is 0.284. The van der Waals surface area contributed by atoms with Crippen molar-refractivity contribution in [2.45, 2.75) is 43.8 Å². The van der Waals surface area contributed by atoms with Crippen molar-refractivity contribution in [1.82, 2.24) is 4.98 Å². The lowest BCUT2D eigenvalue weighted by Crippen LogP contribution is -2.46. The second-order valence-corrected chi connectivity index (χ2v) is 6.53. The van der Waals surface area contributed by atoms with Crippen LogP contribution in [0.1, 0.15) is 43.8 Å². The molecule has 1 spiro atoms. The molecule has 2 atom stereocenters. The molecule has 110 valence electrons. The SMILES string of the molecule is OC(c1cncc2ccccc12)C1CCOC2(CCC2)C1. The standard InChI is InChI=1S/C18H21NO2/c20-17(13-6-9-21-18(10-13)7-3-8-18)16-12-19-11-14-4-1-2-5-15(14)16/h1-2,4-5,11-13,17,20H,3,6-10H2. The van der Waals surface area contributed by atoms with Gasteiger partial charge in [-0.05, 0) is 43.4 Å². The van der Waals surface area contributed by atoms with Crippen molar-refractivity contribution in [3.8, 4) is 0 Å². The summed E-state index contributed by atoms with van der Waals surface area (Å²) in [6.07, 6.45) is 8.75. The number of aromatic nitrogens is 1. The number of hydrogen-bond donors (Lipinski definition) is 1. The van der Waals surface area contributed by atoms with Crippen LogP contribution in [0.3, 0.4) is 0 Å². The topological polar surface area (TPSA) is 42.4 Å². The molecule has 2 unspecified atom stereocenters. The number of pyridine rings is 1. The van der Waals surface area contributed by atoms with Crippen LogP contribution in [-0.4, -0.2) is 22.3 Å². The van der Waals surface area contributed by atoms with Crippen molar-refractivity contribution < 1.29 is 9.84 Å². The third-order valence-electron chi connectivity index (χ3n) is 5.26. The fourth-order valence-electron chi connectivity index (χ4n) is 3.88. The van der Waals surface area contributed by atoms with Gasteiger partial charge in [-0.2, -0.15) is 0 Å². The fourth-order valence-corrected chi connectivity index (χ4v) is 3.88. The molecule has 1 aliphatic heterocycles. The Bertz CT molecular complexity index is 645. The van der Waals surface area contributed by atoms with Gasteiger partial charge in [-0.25, -0.2) is 0 Å². The Morgan fingerprint density at radius 3 is 2.90 bits per heavy atom. The summed E-state index contributed by atoms with van der Waals surface area (Å²) in [4.78, 5) is 4.31. The number of aliphatic hydroxyl groups excluding tert-OH is 1. The summed E-state index contributed by atoms with van der Waals surface area (Å²) < 4.78 is 5.98. The molecule has 2 aromatic rings. The maximum absolute atomic E-state index is 10.9. The highest BCUT2D eigenvalue weighted by Gasteiger charge is 2.44. The van der Waals surface area contributed by atoms with Gasteiger partial charge in [0.25, 0.3) is 0 Å². The molecule has 3 heteroatoms. The van der Waals surface area contributed by atoms with E-state index < -0.39 is 6.10 Å². The van der Waals surface area contributed by atoms with Gasteiger partial charge in [-0.1, -0.05) is 24.3 Å². The van der Waals surface area contributed by atoms with Gasteiger partial charge >= 0.3 is 0 Å². The Balaban J connectivity index is 1.65. The molecule has 1 saturated heterocycles. The molecule has 1 saturated carbocycles. The van der Waals surface area contributed by atoms with E-state index in [9.17, 15) is 5.11 Å². The van der Waals surface area contributed by atoms with E-state index in [0.29, 0.717) is 0 Å². The van der Waals surface area contributed by atoms with Crippen LogP contribution in [0.15, 0.2) is 36.7 Å². The molecule has 2 heterocycles. The molecule has 1 aliphatic carbocycles. The van der Waals surface area contributed by atoms with Crippen molar-refractivity contribution >= 4 is 10.8 Å². The van der Waals surface area contributed by atoms with Crippen LogP contribution in [0.25, 0.3) is 10.8 Å². The van der Waals surface area contributed by atoms with Gasteiger partial charge in [-0.3, -0.25) is 4.98 Å². The number of fused-ring (bicyclic) bond motifs is 1. The van der Waals surface area contributed by atoms with E-state index in [-0.39, 0.29) is 11.5 Å². The van der Waals surface area contributed by atoms with Gasteiger partial charge in [0.2, 0.25) is 0 Å². The minimum absolute atomic E-state index is 0.0713. The molecule has 2 aliphatic rings. The smallest absolute Gasteiger partial charge is 0.0841 e. The minimum Gasteiger partial charge on any atom is -0.388 e. The van der Waals surface area contributed by atoms with Crippen molar-refractivity contribution in [2.24, 2.45) is 5.92 Å². The summed E-state index contributed by atoms with van der Waals surface area (Å²) in [5, 5.41) is 13.1. The van der Waals surface area contributed by atoms with Crippen molar-refractivity contribution in [1.29, 1.82) is 0 Å². The monoisotopic (exact) mass is 283 g/mol. The maximum atomic E-state index is 10.9. The first kappa shape index (κ1) is 13.2. The zero-order chi connectivity index (χ0) is 14.3. The Labute approximate surface area is 125 Å². The van der Waals surface area contributed by atoms with Gasteiger partial charge in [0.05, 0.1) is 11.7 Å². The molecule has 1 aromatic heterocycles. The first-order valence-electron chi connectivity index (χ1n) is 7.92. The fraction of sp³-hybridized carbons (Fsp3) is 0.500. The molecule has 3 nitrogen and oxygen atoms in total. The second-order valence-electron chi connectivity index (χ2n) is 6.53. The molecule has 2 fully saturated rings. The Kier molecular flexibility index (Phi) is 3.20. The zero-order valence-corrected chi connectivity index (χ0v) is 12.2. The average molecular weight is 283 g/mol. The molecule has 4 rings (SSSR count). The van der Waals surface area contributed by atoms with Crippen LogP contribution in [-0.2, 0) is 4.74 Å². The van der Waals surface area contributed by atoms with Gasteiger partial charge in [-0.15, -0.1) is 0 Å². The molecule has 0 bridgehead atoms. The minimum atomic E-state index is -0.440. The predicted octanol–water partition coefficient (Wildman–Crippen LogP) is 3.62.